The second-order valence-electron chi connectivity index (χ2n) is 3.88. The first-order chi connectivity index (χ1) is 7.26. The van der Waals surface area contributed by atoms with Crippen molar-refractivity contribution in [3.8, 4) is 0 Å². The van der Waals surface area contributed by atoms with Gasteiger partial charge in [0.1, 0.15) is 0 Å². The van der Waals surface area contributed by atoms with E-state index in [1.54, 1.807) is 0 Å². The molecule has 0 unspecified atom stereocenters. The van der Waals surface area contributed by atoms with Crippen molar-refractivity contribution in [1.82, 2.24) is 15.5 Å². The first kappa shape index (κ1) is 12.4. The van der Waals surface area contributed by atoms with Gasteiger partial charge in [-0.1, -0.05) is 6.92 Å². The number of aliphatic hydroxyl groups excluding tert-OH is 1. The number of nitrogens with zero attached hydrogens (tertiary/aromatic N) is 1. The lowest BCUT2D eigenvalue weighted by atomic mass is 10.2. The zero-order valence-corrected chi connectivity index (χ0v) is 9.33. The van der Waals surface area contributed by atoms with Gasteiger partial charge in [-0.3, -0.25) is 9.69 Å². The summed E-state index contributed by atoms with van der Waals surface area (Å²) < 4.78 is 0. The molecule has 1 aliphatic rings. The van der Waals surface area contributed by atoms with Crippen molar-refractivity contribution in [3.63, 3.8) is 0 Å². The molecule has 0 aromatic rings. The second-order valence-corrected chi connectivity index (χ2v) is 3.88. The van der Waals surface area contributed by atoms with Crippen LogP contribution in [0.3, 0.4) is 0 Å². The van der Waals surface area contributed by atoms with E-state index in [2.05, 4.69) is 15.5 Å². The van der Waals surface area contributed by atoms with Crippen molar-refractivity contribution in [1.29, 1.82) is 0 Å². The molecule has 0 aliphatic carbocycles. The molecule has 1 amide bonds. The maximum atomic E-state index is 11.6. The first-order valence-corrected chi connectivity index (χ1v) is 5.59. The normalized spacial score (nSPS) is 19.9. The molecular weight excluding hydrogens is 194 g/mol. The minimum absolute atomic E-state index is 0.0119. The quantitative estimate of drug-likeness (QED) is 0.538. The summed E-state index contributed by atoms with van der Waals surface area (Å²) >= 11 is 0. The number of carbonyl (C=O) groups excluding carboxylic acids is 1. The smallest absolute Gasteiger partial charge is 0.234 e. The predicted molar refractivity (Wildman–Crippen MR) is 58.6 cm³/mol. The average Bonchev–Trinajstić information content (AvgIpc) is 2.27. The number of hydrogen-bond acceptors (Lipinski definition) is 4. The van der Waals surface area contributed by atoms with Crippen molar-refractivity contribution >= 4 is 5.91 Å². The summed E-state index contributed by atoms with van der Waals surface area (Å²) in [5.74, 6) is 0.0119. The number of carbonyl (C=O) groups is 1. The number of nitrogens with one attached hydrogen (secondary N) is 2. The highest BCUT2D eigenvalue weighted by Crippen LogP contribution is 1.93. The van der Waals surface area contributed by atoms with Gasteiger partial charge in [-0.2, -0.15) is 0 Å². The average molecular weight is 215 g/mol. The Kier molecular flexibility index (Phi) is 5.60. The van der Waals surface area contributed by atoms with Gasteiger partial charge in [0.25, 0.3) is 0 Å². The zero-order chi connectivity index (χ0) is 11.1. The Bertz CT molecular complexity index is 189. The van der Waals surface area contributed by atoms with Crippen LogP contribution in [-0.2, 0) is 4.79 Å². The van der Waals surface area contributed by atoms with Gasteiger partial charge >= 0.3 is 0 Å². The summed E-state index contributed by atoms with van der Waals surface area (Å²) in [5, 5.41) is 15.0. The summed E-state index contributed by atoms with van der Waals surface area (Å²) in [6.07, 6.45) is 0.768. The largest absolute Gasteiger partial charge is 0.394 e. The molecule has 0 aromatic carbocycles. The lowest BCUT2D eigenvalue weighted by Gasteiger charge is -2.27. The number of hydrogen-bond donors (Lipinski definition) is 3. The van der Waals surface area contributed by atoms with Gasteiger partial charge in [0, 0.05) is 26.2 Å². The van der Waals surface area contributed by atoms with Gasteiger partial charge in [-0.15, -0.1) is 0 Å². The van der Waals surface area contributed by atoms with E-state index in [9.17, 15) is 4.79 Å². The Morgan fingerprint density at radius 1 is 1.53 bits per heavy atom. The molecule has 5 heteroatoms. The minimum atomic E-state index is -0.0968. The zero-order valence-electron chi connectivity index (χ0n) is 9.33. The van der Waals surface area contributed by atoms with Gasteiger partial charge in [-0.05, 0) is 6.42 Å². The van der Waals surface area contributed by atoms with Crippen molar-refractivity contribution in [3.05, 3.63) is 0 Å². The van der Waals surface area contributed by atoms with Crippen LogP contribution in [0.5, 0.6) is 0 Å². The maximum absolute atomic E-state index is 11.6. The molecule has 1 aliphatic heterocycles. The maximum Gasteiger partial charge on any atom is 0.234 e. The van der Waals surface area contributed by atoms with E-state index < -0.39 is 0 Å². The van der Waals surface area contributed by atoms with Crippen LogP contribution in [0, 0.1) is 0 Å². The highest BCUT2D eigenvalue weighted by molar-refractivity contribution is 5.78. The standard InChI is InChI=1S/C10H21N3O2/c1-2-9(8-14)12-10(15)7-13-5-3-11-4-6-13/h9,11,14H,2-8H2,1H3,(H,12,15)/t9-/m1/s1. The van der Waals surface area contributed by atoms with Gasteiger partial charge < -0.3 is 15.7 Å². The third-order valence-electron chi connectivity index (χ3n) is 2.66. The molecule has 1 rings (SSSR count). The molecule has 1 atom stereocenters. The summed E-state index contributed by atoms with van der Waals surface area (Å²) in [6.45, 7) is 6.15. The van der Waals surface area contributed by atoms with Crippen molar-refractivity contribution in [2.75, 3.05) is 39.3 Å². The van der Waals surface area contributed by atoms with E-state index >= 15 is 0 Å². The molecule has 5 nitrogen and oxygen atoms in total. The van der Waals surface area contributed by atoms with Crippen molar-refractivity contribution < 1.29 is 9.90 Å². The van der Waals surface area contributed by atoms with E-state index in [1.165, 1.54) is 0 Å². The Hall–Kier alpha value is -0.650. The lowest BCUT2D eigenvalue weighted by molar-refractivity contribution is -0.123. The SMILES string of the molecule is CC[C@H](CO)NC(=O)CN1CCNCC1. The number of aliphatic hydroxyl groups is 1. The van der Waals surface area contributed by atoms with Crippen LogP contribution in [0.4, 0.5) is 0 Å². The summed E-state index contributed by atoms with van der Waals surface area (Å²) in [7, 11) is 0. The Balaban J connectivity index is 2.21. The van der Waals surface area contributed by atoms with Crippen LogP contribution in [0.2, 0.25) is 0 Å². The van der Waals surface area contributed by atoms with Gasteiger partial charge in [0.15, 0.2) is 0 Å². The third-order valence-corrected chi connectivity index (χ3v) is 2.66. The fourth-order valence-corrected chi connectivity index (χ4v) is 1.62. The van der Waals surface area contributed by atoms with Crippen LogP contribution < -0.4 is 10.6 Å². The molecule has 0 aromatic heterocycles. The molecule has 1 saturated heterocycles. The van der Waals surface area contributed by atoms with Gasteiger partial charge in [0.2, 0.25) is 5.91 Å². The van der Waals surface area contributed by atoms with Crippen LogP contribution >= 0.6 is 0 Å². The Labute approximate surface area is 90.8 Å². The monoisotopic (exact) mass is 215 g/mol. The molecule has 15 heavy (non-hydrogen) atoms. The van der Waals surface area contributed by atoms with E-state index in [4.69, 9.17) is 5.11 Å². The Morgan fingerprint density at radius 3 is 2.73 bits per heavy atom. The summed E-state index contributed by atoms with van der Waals surface area (Å²) in [6, 6.07) is -0.0968. The number of piperazine rings is 1. The van der Waals surface area contributed by atoms with Crippen LogP contribution in [-0.4, -0.2) is 61.3 Å². The molecule has 1 fully saturated rings. The fourth-order valence-electron chi connectivity index (χ4n) is 1.62. The van der Waals surface area contributed by atoms with E-state index in [0.717, 1.165) is 32.6 Å². The molecule has 88 valence electrons. The first-order valence-electron chi connectivity index (χ1n) is 5.59. The molecule has 0 spiro atoms. The topological polar surface area (TPSA) is 64.6 Å². The molecule has 0 saturated carbocycles. The lowest BCUT2D eigenvalue weighted by Crippen LogP contribution is -2.49. The van der Waals surface area contributed by atoms with Crippen LogP contribution in [0.25, 0.3) is 0 Å². The number of rotatable bonds is 5. The number of amides is 1. The fraction of sp³-hybridized carbons (Fsp3) is 0.900. The third kappa shape index (κ3) is 4.59. The molecule has 3 N–H and O–H groups in total. The predicted octanol–water partition coefficient (Wildman–Crippen LogP) is -1.22. The van der Waals surface area contributed by atoms with Crippen molar-refractivity contribution in [2.45, 2.75) is 19.4 Å². The van der Waals surface area contributed by atoms with E-state index in [0.29, 0.717) is 6.54 Å². The van der Waals surface area contributed by atoms with Crippen LogP contribution in [0.1, 0.15) is 13.3 Å². The van der Waals surface area contributed by atoms with Gasteiger partial charge in [0.05, 0.1) is 19.2 Å². The van der Waals surface area contributed by atoms with E-state index in [1.807, 2.05) is 6.92 Å². The second kappa shape index (κ2) is 6.76. The highest BCUT2D eigenvalue weighted by Gasteiger charge is 2.15. The molecule has 0 radical (unpaired) electrons. The van der Waals surface area contributed by atoms with Crippen LogP contribution in [0.15, 0.2) is 0 Å². The highest BCUT2D eigenvalue weighted by atomic mass is 16.3. The minimum Gasteiger partial charge on any atom is -0.394 e. The molecular formula is C10H21N3O2. The molecule has 0 bridgehead atoms. The van der Waals surface area contributed by atoms with Gasteiger partial charge in [-0.25, -0.2) is 0 Å². The molecule has 1 heterocycles. The van der Waals surface area contributed by atoms with E-state index in [-0.39, 0.29) is 18.6 Å². The Morgan fingerprint density at radius 2 is 2.20 bits per heavy atom. The van der Waals surface area contributed by atoms with Crippen molar-refractivity contribution in [2.24, 2.45) is 0 Å². The summed E-state index contributed by atoms with van der Waals surface area (Å²) in [4.78, 5) is 13.7. The summed E-state index contributed by atoms with van der Waals surface area (Å²) in [5.41, 5.74) is 0.